The third-order valence-corrected chi connectivity index (χ3v) is 4.28. The SMILES string of the molecule is CCP(=O)(O)CCc1ccc(C)cc1. The Bertz CT molecular complexity index is 330. The first kappa shape index (κ1) is 11.5. The van der Waals surface area contributed by atoms with E-state index < -0.39 is 7.37 Å². The van der Waals surface area contributed by atoms with Crippen molar-refractivity contribution in [2.45, 2.75) is 20.3 Å². The number of benzene rings is 1. The van der Waals surface area contributed by atoms with Crippen molar-refractivity contribution >= 4 is 7.37 Å². The Morgan fingerprint density at radius 3 is 2.36 bits per heavy atom. The zero-order valence-corrected chi connectivity index (χ0v) is 9.63. The topological polar surface area (TPSA) is 37.3 Å². The maximum atomic E-state index is 11.4. The molecular weight excluding hydrogens is 195 g/mol. The van der Waals surface area contributed by atoms with Crippen molar-refractivity contribution in [1.82, 2.24) is 0 Å². The van der Waals surface area contributed by atoms with Crippen LogP contribution in [0, 0.1) is 6.92 Å². The van der Waals surface area contributed by atoms with Crippen molar-refractivity contribution < 1.29 is 9.46 Å². The van der Waals surface area contributed by atoms with Gasteiger partial charge in [0.25, 0.3) is 0 Å². The van der Waals surface area contributed by atoms with E-state index in [1.54, 1.807) is 6.92 Å². The Morgan fingerprint density at radius 1 is 1.29 bits per heavy atom. The molecule has 14 heavy (non-hydrogen) atoms. The Morgan fingerprint density at radius 2 is 1.86 bits per heavy atom. The second kappa shape index (κ2) is 4.77. The first-order valence-corrected chi connectivity index (χ1v) is 6.93. The van der Waals surface area contributed by atoms with E-state index in [1.807, 2.05) is 31.2 Å². The molecule has 78 valence electrons. The van der Waals surface area contributed by atoms with Gasteiger partial charge in [-0.3, -0.25) is 4.57 Å². The van der Waals surface area contributed by atoms with Gasteiger partial charge in [-0.15, -0.1) is 0 Å². The Balaban J connectivity index is 2.54. The molecule has 1 atom stereocenters. The first-order chi connectivity index (χ1) is 6.53. The summed E-state index contributed by atoms with van der Waals surface area (Å²) in [7, 11) is -2.85. The molecular formula is C11H17O2P. The van der Waals surface area contributed by atoms with Gasteiger partial charge in [0.05, 0.1) is 0 Å². The van der Waals surface area contributed by atoms with E-state index in [0.29, 0.717) is 18.7 Å². The van der Waals surface area contributed by atoms with Crippen LogP contribution in [0.2, 0.25) is 0 Å². The fourth-order valence-corrected chi connectivity index (χ4v) is 2.14. The van der Waals surface area contributed by atoms with Gasteiger partial charge < -0.3 is 4.89 Å². The van der Waals surface area contributed by atoms with Gasteiger partial charge in [0.1, 0.15) is 0 Å². The van der Waals surface area contributed by atoms with Crippen LogP contribution in [0.3, 0.4) is 0 Å². The van der Waals surface area contributed by atoms with Gasteiger partial charge in [-0.25, -0.2) is 0 Å². The maximum Gasteiger partial charge on any atom is 0.200 e. The predicted octanol–water partition coefficient (Wildman–Crippen LogP) is 2.83. The highest BCUT2D eigenvalue weighted by Crippen LogP contribution is 2.39. The van der Waals surface area contributed by atoms with E-state index in [2.05, 4.69) is 0 Å². The van der Waals surface area contributed by atoms with Crippen molar-refractivity contribution in [2.24, 2.45) is 0 Å². The van der Waals surface area contributed by atoms with E-state index in [-0.39, 0.29) is 0 Å². The molecule has 0 saturated carbocycles. The lowest BCUT2D eigenvalue weighted by Crippen LogP contribution is -1.96. The van der Waals surface area contributed by atoms with E-state index in [9.17, 15) is 9.46 Å². The van der Waals surface area contributed by atoms with E-state index in [0.717, 1.165) is 5.56 Å². The van der Waals surface area contributed by atoms with Crippen LogP contribution in [-0.2, 0) is 11.0 Å². The molecule has 0 radical (unpaired) electrons. The lowest BCUT2D eigenvalue weighted by Gasteiger charge is -2.08. The molecule has 0 heterocycles. The molecule has 1 aromatic rings. The highest BCUT2D eigenvalue weighted by atomic mass is 31.2. The van der Waals surface area contributed by atoms with Gasteiger partial charge in [-0.05, 0) is 18.9 Å². The molecule has 0 amide bonds. The van der Waals surface area contributed by atoms with Gasteiger partial charge in [0.2, 0.25) is 7.37 Å². The van der Waals surface area contributed by atoms with Crippen molar-refractivity contribution in [1.29, 1.82) is 0 Å². The lowest BCUT2D eigenvalue weighted by atomic mass is 10.1. The van der Waals surface area contributed by atoms with Crippen LogP contribution < -0.4 is 0 Å². The summed E-state index contributed by atoms with van der Waals surface area (Å²) in [5.74, 6) is 0. The third-order valence-electron chi connectivity index (χ3n) is 2.36. The first-order valence-electron chi connectivity index (χ1n) is 4.90. The molecule has 2 nitrogen and oxygen atoms in total. The smallest absolute Gasteiger partial charge is 0.200 e. The average Bonchev–Trinajstić information content (AvgIpc) is 2.17. The average molecular weight is 212 g/mol. The van der Waals surface area contributed by atoms with Crippen LogP contribution in [0.1, 0.15) is 18.1 Å². The summed E-state index contributed by atoms with van der Waals surface area (Å²) in [5.41, 5.74) is 2.36. The molecule has 0 aliphatic rings. The van der Waals surface area contributed by atoms with Gasteiger partial charge in [-0.1, -0.05) is 36.8 Å². The quantitative estimate of drug-likeness (QED) is 0.779. The Hall–Kier alpha value is -0.590. The second-order valence-electron chi connectivity index (χ2n) is 3.62. The second-order valence-corrected chi connectivity index (χ2v) is 6.39. The van der Waals surface area contributed by atoms with Crippen molar-refractivity contribution in [3.63, 3.8) is 0 Å². The van der Waals surface area contributed by atoms with Crippen molar-refractivity contribution in [2.75, 3.05) is 12.3 Å². The molecule has 1 aromatic carbocycles. The lowest BCUT2D eigenvalue weighted by molar-refractivity contribution is 0.479. The van der Waals surface area contributed by atoms with Crippen molar-refractivity contribution in [3.8, 4) is 0 Å². The zero-order valence-electron chi connectivity index (χ0n) is 8.73. The maximum absolute atomic E-state index is 11.4. The minimum Gasteiger partial charge on any atom is -0.344 e. The largest absolute Gasteiger partial charge is 0.344 e. The molecule has 0 aromatic heterocycles. The summed E-state index contributed by atoms with van der Waals surface area (Å²) in [6.45, 7) is 3.79. The molecule has 0 aliphatic carbocycles. The molecule has 0 spiro atoms. The highest BCUT2D eigenvalue weighted by molar-refractivity contribution is 7.57. The standard InChI is InChI=1S/C11H17O2P/c1-3-14(12,13)9-8-11-6-4-10(2)5-7-11/h4-7H,3,8-9H2,1-2H3,(H,12,13). The summed E-state index contributed by atoms with van der Waals surface area (Å²) >= 11 is 0. The highest BCUT2D eigenvalue weighted by Gasteiger charge is 2.14. The Kier molecular flexibility index (Phi) is 3.91. The van der Waals surface area contributed by atoms with Gasteiger partial charge in [0, 0.05) is 12.3 Å². The molecule has 0 bridgehead atoms. The fourth-order valence-electron chi connectivity index (χ4n) is 1.22. The van der Waals surface area contributed by atoms with E-state index in [1.165, 1.54) is 5.56 Å². The zero-order chi connectivity index (χ0) is 10.6. The van der Waals surface area contributed by atoms with Gasteiger partial charge in [-0.2, -0.15) is 0 Å². The molecule has 3 heteroatoms. The van der Waals surface area contributed by atoms with Crippen LogP contribution >= 0.6 is 7.37 Å². The van der Waals surface area contributed by atoms with Gasteiger partial charge >= 0.3 is 0 Å². The molecule has 1 unspecified atom stereocenters. The third kappa shape index (κ3) is 3.65. The summed E-state index contributed by atoms with van der Waals surface area (Å²) in [6.07, 6.45) is 1.47. The normalized spacial score (nSPS) is 15.1. The van der Waals surface area contributed by atoms with Gasteiger partial charge in [0.15, 0.2) is 0 Å². The molecule has 0 fully saturated rings. The van der Waals surface area contributed by atoms with Crippen LogP contribution in [0.4, 0.5) is 0 Å². The van der Waals surface area contributed by atoms with Crippen LogP contribution in [-0.4, -0.2) is 17.2 Å². The number of rotatable bonds is 4. The van der Waals surface area contributed by atoms with Crippen LogP contribution in [0.5, 0.6) is 0 Å². The summed E-state index contributed by atoms with van der Waals surface area (Å²) in [5, 5.41) is 0. The molecule has 0 aliphatic heterocycles. The fraction of sp³-hybridized carbons (Fsp3) is 0.455. The van der Waals surface area contributed by atoms with Crippen molar-refractivity contribution in [3.05, 3.63) is 35.4 Å². The minimum atomic E-state index is -2.85. The number of hydrogen-bond acceptors (Lipinski definition) is 1. The minimum absolute atomic E-state index is 0.374. The van der Waals surface area contributed by atoms with Crippen LogP contribution in [0.15, 0.2) is 24.3 Å². The summed E-state index contributed by atoms with van der Waals surface area (Å²) in [6, 6.07) is 8.10. The predicted molar refractivity (Wildman–Crippen MR) is 60.1 cm³/mol. The molecule has 0 saturated heterocycles. The molecule has 1 N–H and O–H groups in total. The summed E-state index contributed by atoms with van der Waals surface area (Å²) in [4.78, 5) is 9.39. The Labute approximate surface area is 85.4 Å². The monoisotopic (exact) mass is 212 g/mol. The van der Waals surface area contributed by atoms with E-state index in [4.69, 9.17) is 0 Å². The van der Waals surface area contributed by atoms with E-state index >= 15 is 0 Å². The van der Waals surface area contributed by atoms with Crippen LogP contribution in [0.25, 0.3) is 0 Å². The number of hydrogen-bond donors (Lipinski definition) is 1. The molecule has 1 rings (SSSR count). The summed E-state index contributed by atoms with van der Waals surface area (Å²) < 4.78 is 11.4. The number of aryl methyl sites for hydroxylation is 2.